The SMILES string of the molecule is COc1cc2c(cc1OC)C(=O)Nc1c(ncnc1Oc1ccc(NC(=O)C3(C(=O)Nc4ccc(F)cc4)CC3)cc1F)N2. The average Bonchev–Trinajstić information content (AvgIpc) is 3.84. The van der Waals surface area contributed by atoms with Gasteiger partial charge in [-0.05, 0) is 55.3 Å². The maximum absolute atomic E-state index is 15.2. The molecule has 1 fully saturated rings. The number of halogens is 2. The molecule has 0 unspecified atom stereocenters. The first-order valence-corrected chi connectivity index (χ1v) is 13.3. The number of hydrogen-bond acceptors (Lipinski definition) is 9. The molecule has 12 nitrogen and oxygen atoms in total. The highest BCUT2D eigenvalue weighted by Crippen LogP contribution is 2.48. The summed E-state index contributed by atoms with van der Waals surface area (Å²) in [6, 6.07) is 12.0. The number of benzene rings is 3. The van der Waals surface area contributed by atoms with E-state index in [-0.39, 0.29) is 34.4 Å². The summed E-state index contributed by atoms with van der Waals surface area (Å²) >= 11 is 0. The fourth-order valence-electron chi connectivity index (χ4n) is 4.62. The third-order valence-electron chi connectivity index (χ3n) is 7.19. The number of aromatic nitrogens is 2. The Balaban J connectivity index is 1.18. The normalized spacial score (nSPS) is 14.0. The summed E-state index contributed by atoms with van der Waals surface area (Å²) in [5.74, 6) is -2.46. The summed E-state index contributed by atoms with van der Waals surface area (Å²) in [7, 11) is 2.91. The van der Waals surface area contributed by atoms with Crippen LogP contribution in [0.15, 0.2) is 60.9 Å². The van der Waals surface area contributed by atoms with Crippen LogP contribution in [0.5, 0.6) is 23.1 Å². The molecule has 1 aromatic heterocycles. The van der Waals surface area contributed by atoms with Gasteiger partial charge in [0.2, 0.25) is 17.7 Å². The summed E-state index contributed by atoms with van der Waals surface area (Å²) in [5.41, 5.74) is -0.204. The smallest absolute Gasteiger partial charge is 0.258 e. The first kappa shape index (κ1) is 28.3. The molecule has 6 rings (SSSR count). The number of methoxy groups -OCH3 is 2. The van der Waals surface area contributed by atoms with Crippen LogP contribution in [0.2, 0.25) is 0 Å². The number of amides is 3. The second-order valence-corrected chi connectivity index (χ2v) is 9.98. The monoisotopic (exact) mass is 602 g/mol. The van der Waals surface area contributed by atoms with E-state index in [2.05, 4.69) is 31.2 Å². The van der Waals surface area contributed by atoms with E-state index in [1.165, 1.54) is 63.0 Å². The lowest BCUT2D eigenvalue weighted by molar-refractivity contribution is -0.131. The average molecular weight is 603 g/mol. The number of anilines is 5. The standard InChI is InChI=1S/C30H24F2N6O6/c1-42-22-12-18-20(13-23(22)43-2)37-25-24(38-26(18)39)27(34-14-33-25)44-21-8-7-17(11-19(21)32)36-29(41)30(9-10-30)28(40)35-16-5-3-15(31)4-6-16/h3-8,11-14H,9-10H2,1-2H3,(H,35,40)(H,36,41)(H,38,39)(H,33,34,37). The Morgan fingerprint density at radius 2 is 1.50 bits per heavy atom. The Morgan fingerprint density at radius 3 is 2.16 bits per heavy atom. The van der Waals surface area contributed by atoms with Crippen LogP contribution in [-0.2, 0) is 9.59 Å². The highest BCUT2D eigenvalue weighted by molar-refractivity contribution is 6.17. The van der Waals surface area contributed by atoms with Crippen molar-refractivity contribution in [1.82, 2.24) is 9.97 Å². The minimum absolute atomic E-state index is 0.0613. The Labute approximate surface area is 248 Å². The van der Waals surface area contributed by atoms with Crippen LogP contribution in [0.1, 0.15) is 23.2 Å². The third-order valence-corrected chi connectivity index (χ3v) is 7.19. The van der Waals surface area contributed by atoms with Crippen LogP contribution >= 0.6 is 0 Å². The summed E-state index contributed by atoms with van der Waals surface area (Å²) in [6.45, 7) is 0. The summed E-state index contributed by atoms with van der Waals surface area (Å²) in [4.78, 5) is 47.2. The lowest BCUT2D eigenvalue weighted by Gasteiger charge is -2.16. The Bertz CT molecular complexity index is 1810. The van der Waals surface area contributed by atoms with Gasteiger partial charge in [-0.3, -0.25) is 14.4 Å². The van der Waals surface area contributed by atoms with Crippen molar-refractivity contribution in [3.05, 3.63) is 78.1 Å². The summed E-state index contributed by atoms with van der Waals surface area (Å²) < 4.78 is 44.7. The zero-order valence-corrected chi connectivity index (χ0v) is 23.3. The Hall–Kier alpha value is -5.79. The molecule has 4 aromatic rings. The number of carbonyl (C=O) groups excluding carboxylic acids is 3. The first-order valence-electron chi connectivity index (χ1n) is 13.3. The van der Waals surface area contributed by atoms with Crippen LogP contribution in [0.3, 0.4) is 0 Å². The maximum atomic E-state index is 15.2. The van der Waals surface area contributed by atoms with Crippen LogP contribution < -0.4 is 35.5 Å². The molecular formula is C30H24F2N6O6. The Morgan fingerprint density at radius 1 is 0.841 bits per heavy atom. The molecule has 2 aliphatic rings. The van der Waals surface area contributed by atoms with Gasteiger partial charge in [-0.15, -0.1) is 0 Å². The van der Waals surface area contributed by atoms with Crippen LogP contribution in [0, 0.1) is 17.0 Å². The predicted molar refractivity (Wildman–Crippen MR) is 155 cm³/mol. The van der Waals surface area contributed by atoms with Gasteiger partial charge in [-0.1, -0.05) is 0 Å². The van der Waals surface area contributed by atoms with Gasteiger partial charge < -0.3 is 35.5 Å². The molecule has 224 valence electrons. The van der Waals surface area contributed by atoms with E-state index in [9.17, 15) is 18.8 Å². The zero-order chi connectivity index (χ0) is 31.0. The minimum atomic E-state index is -1.32. The van der Waals surface area contributed by atoms with Crippen molar-refractivity contribution in [2.75, 3.05) is 35.5 Å². The summed E-state index contributed by atoms with van der Waals surface area (Å²) in [6.07, 6.45) is 1.78. The molecule has 4 N–H and O–H groups in total. The largest absolute Gasteiger partial charge is 0.493 e. The van der Waals surface area contributed by atoms with Crippen molar-refractivity contribution in [2.45, 2.75) is 12.8 Å². The second-order valence-electron chi connectivity index (χ2n) is 9.98. The molecule has 0 spiro atoms. The molecule has 1 aliphatic heterocycles. The Kier molecular flexibility index (Phi) is 7.17. The van der Waals surface area contributed by atoms with Gasteiger partial charge in [0.1, 0.15) is 23.2 Å². The highest BCUT2D eigenvalue weighted by atomic mass is 19.1. The maximum Gasteiger partial charge on any atom is 0.258 e. The van der Waals surface area contributed by atoms with E-state index in [4.69, 9.17) is 14.2 Å². The van der Waals surface area contributed by atoms with Gasteiger partial charge in [0.25, 0.3) is 5.91 Å². The molecule has 2 heterocycles. The van der Waals surface area contributed by atoms with Gasteiger partial charge >= 0.3 is 0 Å². The number of nitrogens with zero attached hydrogens (tertiary/aromatic N) is 2. The van der Waals surface area contributed by atoms with Crippen molar-refractivity contribution in [3.63, 3.8) is 0 Å². The molecular weight excluding hydrogens is 578 g/mol. The molecule has 3 aromatic carbocycles. The zero-order valence-electron chi connectivity index (χ0n) is 23.3. The van der Waals surface area contributed by atoms with E-state index in [0.29, 0.717) is 35.7 Å². The van der Waals surface area contributed by atoms with Crippen molar-refractivity contribution >= 4 is 46.3 Å². The number of rotatable bonds is 8. The van der Waals surface area contributed by atoms with E-state index in [1.807, 2.05) is 0 Å². The first-order chi connectivity index (χ1) is 21.2. The molecule has 0 radical (unpaired) electrons. The molecule has 0 atom stereocenters. The van der Waals surface area contributed by atoms with E-state index in [1.54, 1.807) is 6.07 Å². The van der Waals surface area contributed by atoms with Gasteiger partial charge in [0.05, 0.1) is 25.5 Å². The lowest BCUT2D eigenvalue weighted by Crippen LogP contribution is -2.35. The van der Waals surface area contributed by atoms with Gasteiger partial charge in [-0.2, -0.15) is 4.98 Å². The van der Waals surface area contributed by atoms with Crippen LogP contribution in [-0.4, -0.2) is 41.9 Å². The number of carbonyl (C=O) groups is 3. The van der Waals surface area contributed by atoms with Crippen molar-refractivity contribution < 1.29 is 37.4 Å². The summed E-state index contributed by atoms with van der Waals surface area (Å²) in [5, 5.41) is 10.9. The van der Waals surface area contributed by atoms with Gasteiger partial charge in [0, 0.05) is 23.5 Å². The topological polar surface area (TPSA) is 153 Å². The minimum Gasteiger partial charge on any atom is -0.493 e. The molecule has 1 aliphatic carbocycles. The number of ether oxygens (including phenoxy) is 3. The molecule has 1 saturated carbocycles. The van der Waals surface area contributed by atoms with Crippen molar-refractivity contribution in [2.24, 2.45) is 5.41 Å². The molecule has 14 heteroatoms. The molecule has 0 bridgehead atoms. The fraction of sp³-hybridized carbons (Fsp3) is 0.167. The molecule has 0 saturated heterocycles. The lowest BCUT2D eigenvalue weighted by atomic mass is 10.0. The second kappa shape index (κ2) is 11.1. The number of nitrogens with one attached hydrogen (secondary N) is 4. The quantitative estimate of drug-likeness (QED) is 0.199. The third kappa shape index (κ3) is 5.28. The van der Waals surface area contributed by atoms with Crippen LogP contribution in [0.25, 0.3) is 0 Å². The van der Waals surface area contributed by atoms with E-state index < -0.39 is 34.8 Å². The van der Waals surface area contributed by atoms with Crippen LogP contribution in [0.4, 0.5) is 37.3 Å². The van der Waals surface area contributed by atoms with Crippen molar-refractivity contribution in [1.29, 1.82) is 0 Å². The van der Waals surface area contributed by atoms with Crippen molar-refractivity contribution in [3.8, 4) is 23.1 Å². The molecule has 3 amide bonds. The predicted octanol–water partition coefficient (Wildman–Crippen LogP) is 5.23. The van der Waals surface area contributed by atoms with Gasteiger partial charge in [0.15, 0.2) is 28.9 Å². The number of hydrogen-bond donors (Lipinski definition) is 4. The van der Waals surface area contributed by atoms with E-state index >= 15 is 4.39 Å². The number of fused-ring (bicyclic) bond motifs is 2. The highest BCUT2D eigenvalue weighted by Gasteiger charge is 2.56. The van der Waals surface area contributed by atoms with Gasteiger partial charge in [-0.25, -0.2) is 13.8 Å². The fourth-order valence-corrected chi connectivity index (χ4v) is 4.62. The molecule has 44 heavy (non-hydrogen) atoms. The van der Waals surface area contributed by atoms with E-state index in [0.717, 1.165) is 6.07 Å².